The van der Waals surface area contributed by atoms with Gasteiger partial charge < -0.3 is 9.73 Å². The summed E-state index contributed by atoms with van der Waals surface area (Å²) in [5.74, 6) is 1.34. The molecular weight excluding hydrogens is 283 g/mol. The smallest absolute Gasteiger partial charge is 0.237 e. The van der Waals surface area contributed by atoms with Crippen molar-refractivity contribution < 1.29 is 13.6 Å². The van der Waals surface area contributed by atoms with Crippen LogP contribution in [0, 0.1) is 12.7 Å². The molecule has 1 heterocycles. The van der Waals surface area contributed by atoms with Crippen LogP contribution in [0.3, 0.4) is 0 Å². The number of amides is 1. The molecule has 0 saturated heterocycles. The zero-order valence-corrected chi connectivity index (χ0v) is 13.1. The zero-order chi connectivity index (χ0) is 16.1. The molecule has 22 heavy (non-hydrogen) atoms. The summed E-state index contributed by atoms with van der Waals surface area (Å²) in [4.78, 5) is 14.1. The second kappa shape index (κ2) is 7.22. The predicted octanol–water partition coefficient (Wildman–Crippen LogP) is 2.86. The van der Waals surface area contributed by atoms with Gasteiger partial charge in [0.25, 0.3) is 0 Å². The number of furan rings is 1. The van der Waals surface area contributed by atoms with Crippen molar-refractivity contribution in [2.75, 3.05) is 7.05 Å². The predicted molar refractivity (Wildman–Crippen MR) is 82.6 cm³/mol. The van der Waals surface area contributed by atoms with Gasteiger partial charge in [-0.05, 0) is 50.7 Å². The summed E-state index contributed by atoms with van der Waals surface area (Å²) in [5, 5.41) is 2.86. The van der Waals surface area contributed by atoms with Crippen molar-refractivity contribution in [2.24, 2.45) is 0 Å². The molecule has 4 nitrogen and oxygen atoms in total. The van der Waals surface area contributed by atoms with Crippen molar-refractivity contribution >= 4 is 5.91 Å². The highest BCUT2D eigenvalue weighted by Crippen LogP contribution is 2.10. The summed E-state index contributed by atoms with van der Waals surface area (Å²) < 4.78 is 18.3. The largest absolute Gasteiger partial charge is 0.465 e. The molecule has 0 aliphatic carbocycles. The van der Waals surface area contributed by atoms with Crippen LogP contribution in [-0.4, -0.2) is 23.9 Å². The maximum absolute atomic E-state index is 12.8. The van der Waals surface area contributed by atoms with Crippen molar-refractivity contribution in [3.63, 3.8) is 0 Å². The summed E-state index contributed by atoms with van der Waals surface area (Å²) in [6.45, 7) is 4.69. The van der Waals surface area contributed by atoms with Gasteiger partial charge in [-0.25, -0.2) is 4.39 Å². The molecule has 1 aromatic carbocycles. The summed E-state index contributed by atoms with van der Waals surface area (Å²) in [7, 11) is 1.87. The van der Waals surface area contributed by atoms with Crippen LogP contribution in [0.4, 0.5) is 4.39 Å². The number of benzene rings is 1. The Morgan fingerprint density at radius 1 is 1.27 bits per heavy atom. The third-order valence-corrected chi connectivity index (χ3v) is 3.62. The molecule has 0 aliphatic rings. The number of carbonyl (C=O) groups is 1. The number of likely N-dealkylation sites (N-methyl/N-ethyl adjacent to an activating group) is 1. The van der Waals surface area contributed by atoms with E-state index in [2.05, 4.69) is 5.32 Å². The van der Waals surface area contributed by atoms with Crippen LogP contribution >= 0.6 is 0 Å². The van der Waals surface area contributed by atoms with Crippen LogP contribution in [-0.2, 0) is 17.9 Å². The lowest BCUT2D eigenvalue weighted by Gasteiger charge is -2.22. The van der Waals surface area contributed by atoms with Crippen molar-refractivity contribution in [1.29, 1.82) is 0 Å². The summed E-state index contributed by atoms with van der Waals surface area (Å²) in [6, 6.07) is 9.63. The fourth-order valence-corrected chi connectivity index (χ4v) is 2.09. The summed E-state index contributed by atoms with van der Waals surface area (Å²) in [5.41, 5.74) is 0.867. The first kappa shape index (κ1) is 16.2. The average Bonchev–Trinajstić information content (AvgIpc) is 2.90. The highest BCUT2D eigenvalue weighted by Gasteiger charge is 2.18. The molecular formula is C17H21FN2O2. The van der Waals surface area contributed by atoms with E-state index in [0.717, 1.165) is 17.1 Å². The van der Waals surface area contributed by atoms with Gasteiger partial charge in [0.15, 0.2) is 0 Å². The van der Waals surface area contributed by atoms with E-state index >= 15 is 0 Å². The summed E-state index contributed by atoms with van der Waals surface area (Å²) in [6.07, 6.45) is 0. The van der Waals surface area contributed by atoms with E-state index in [1.54, 1.807) is 12.1 Å². The molecule has 1 atom stereocenters. The fraction of sp³-hybridized carbons (Fsp3) is 0.353. The van der Waals surface area contributed by atoms with Crippen LogP contribution in [0.15, 0.2) is 40.8 Å². The fourth-order valence-electron chi connectivity index (χ4n) is 2.09. The van der Waals surface area contributed by atoms with E-state index < -0.39 is 0 Å². The first-order chi connectivity index (χ1) is 10.5. The number of hydrogen-bond acceptors (Lipinski definition) is 3. The lowest BCUT2D eigenvalue weighted by Crippen LogP contribution is -2.42. The zero-order valence-electron chi connectivity index (χ0n) is 13.1. The number of hydrogen-bond donors (Lipinski definition) is 1. The molecule has 0 fully saturated rings. The lowest BCUT2D eigenvalue weighted by atomic mass is 10.2. The minimum absolute atomic E-state index is 0.0740. The minimum atomic E-state index is -0.286. The topological polar surface area (TPSA) is 45.5 Å². The number of carbonyl (C=O) groups excluding carboxylic acids is 1. The van der Waals surface area contributed by atoms with Gasteiger partial charge in [-0.15, -0.1) is 0 Å². The van der Waals surface area contributed by atoms with Crippen LogP contribution in [0.5, 0.6) is 0 Å². The standard InChI is InChI=1S/C17H21FN2O2/c1-12-4-9-16(22-12)11-20(3)13(2)17(21)19-10-14-5-7-15(18)8-6-14/h4-9,13H,10-11H2,1-3H3,(H,19,21). The maximum Gasteiger partial charge on any atom is 0.237 e. The van der Waals surface area contributed by atoms with E-state index in [9.17, 15) is 9.18 Å². The molecule has 0 aliphatic heterocycles. The Labute approximate surface area is 129 Å². The monoisotopic (exact) mass is 304 g/mol. The van der Waals surface area contributed by atoms with Gasteiger partial charge in [0.1, 0.15) is 17.3 Å². The van der Waals surface area contributed by atoms with Gasteiger partial charge in [0, 0.05) is 6.54 Å². The Morgan fingerprint density at radius 2 is 1.95 bits per heavy atom. The average molecular weight is 304 g/mol. The number of rotatable bonds is 6. The van der Waals surface area contributed by atoms with Gasteiger partial charge in [-0.2, -0.15) is 0 Å². The molecule has 2 rings (SSSR count). The molecule has 1 N–H and O–H groups in total. The van der Waals surface area contributed by atoms with Crippen molar-refractivity contribution in [3.05, 3.63) is 59.3 Å². The van der Waals surface area contributed by atoms with E-state index in [-0.39, 0.29) is 17.8 Å². The molecule has 1 amide bonds. The van der Waals surface area contributed by atoms with Gasteiger partial charge in [0.05, 0.1) is 12.6 Å². The van der Waals surface area contributed by atoms with Gasteiger partial charge >= 0.3 is 0 Å². The number of halogens is 1. The molecule has 1 aromatic heterocycles. The third-order valence-electron chi connectivity index (χ3n) is 3.62. The van der Waals surface area contributed by atoms with Crippen molar-refractivity contribution in [1.82, 2.24) is 10.2 Å². The Bertz CT molecular complexity index is 622. The van der Waals surface area contributed by atoms with Gasteiger partial charge in [0.2, 0.25) is 5.91 Å². The quantitative estimate of drug-likeness (QED) is 0.892. The Balaban J connectivity index is 1.84. The highest BCUT2D eigenvalue weighted by molar-refractivity contribution is 5.81. The molecule has 0 bridgehead atoms. The number of nitrogens with one attached hydrogen (secondary N) is 1. The van der Waals surface area contributed by atoms with Crippen molar-refractivity contribution in [3.8, 4) is 0 Å². The van der Waals surface area contributed by atoms with E-state index in [1.165, 1.54) is 12.1 Å². The SMILES string of the molecule is Cc1ccc(CN(C)C(C)C(=O)NCc2ccc(F)cc2)o1. The molecule has 1 unspecified atom stereocenters. The van der Waals surface area contributed by atoms with Gasteiger partial charge in [-0.3, -0.25) is 9.69 Å². The first-order valence-electron chi connectivity index (χ1n) is 7.23. The van der Waals surface area contributed by atoms with E-state index in [0.29, 0.717) is 13.1 Å². The molecule has 0 spiro atoms. The molecule has 118 valence electrons. The Kier molecular flexibility index (Phi) is 5.33. The second-order valence-electron chi connectivity index (χ2n) is 5.45. The highest BCUT2D eigenvalue weighted by atomic mass is 19.1. The van der Waals surface area contributed by atoms with Gasteiger partial charge in [-0.1, -0.05) is 12.1 Å². The van der Waals surface area contributed by atoms with Crippen LogP contribution in [0.25, 0.3) is 0 Å². The normalized spacial score (nSPS) is 12.4. The van der Waals surface area contributed by atoms with E-state index in [1.807, 2.05) is 37.9 Å². The lowest BCUT2D eigenvalue weighted by molar-refractivity contribution is -0.125. The Hall–Kier alpha value is -2.14. The Morgan fingerprint density at radius 3 is 2.55 bits per heavy atom. The van der Waals surface area contributed by atoms with Crippen LogP contribution in [0.1, 0.15) is 24.0 Å². The molecule has 2 aromatic rings. The van der Waals surface area contributed by atoms with Crippen LogP contribution in [0.2, 0.25) is 0 Å². The minimum Gasteiger partial charge on any atom is -0.465 e. The molecule has 5 heteroatoms. The molecule has 0 saturated carbocycles. The second-order valence-corrected chi connectivity index (χ2v) is 5.45. The third kappa shape index (κ3) is 4.43. The summed E-state index contributed by atoms with van der Waals surface area (Å²) >= 11 is 0. The van der Waals surface area contributed by atoms with Crippen molar-refractivity contribution in [2.45, 2.75) is 33.0 Å². The maximum atomic E-state index is 12.8. The number of aryl methyl sites for hydroxylation is 1. The number of nitrogens with zero attached hydrogens (tertiary/aromatic N) is 1. The molecule has 0 radical (unpaired) electrons. The first-order valence-corrected chi connectivity index (χ1v) is 7.23. The van der Waals surface area contributed by atoms with Crippen LogP contribution < -0.4 is 5.32 Å². The van der Waals surface area contributed by atoms with E-state index in [4.69, 9.17) is 4.42 Å².